The number of urea groups is 1. The number of benzene rings is 3. The van der Waals surface area contributed by atoms with Crippen molar-refractivity contribution in [2.45, 2.75) is 66.8 Å². The molecule has 3 rings (SSSR count). The topological polar surface area (TPSA) is 101 Å². The summed E-state index contributed by atoms with van der Waals surface area (Å²) >= 11 is 0. The maximum Gasteiger partial charge on any atom is 0.346 e. The van der Waals surface area contributed by atoms with E-state index in [2.05, 4.69) is 20.5 Å². The highest BCUT2D eigenvalue weighted by Gasteiger charge is 2.41. The maximum absolute atomic E-state index is 13.9. The van der Waals surface area contributed by atoms with Gasteiger partial charge in [-0.05, 0) is 64.8 Å². The van der Waals surface area contributed by atoms with E-state index >= 15 is 0 Å². The molecule has 0 bridgehead atoms. The summed E-state index contributed by atoms with van der Waals surface area (Å²) in [6, 6.07) is 27.7. The van der Waals surface area contributed by atoms with Gasteiger partial charge < -0.3 is 19.1 Å². The number of carbonyl (C=O) groups excluding carboxylic acids is 2. The van der Waals surface area contributed by atoms with E-state index in [1.54, 1.807) is 26.0 Å². The van der Waals surface area contributed by atoms with E-state index in [-0.39, 0.29) is 42.9 Å². The number of hydrogen-bond acceptors (Lipinski definition) is 7. The number of esters is 1. The molecule has 0 aliphatic heterocycles. The van der Waals surface area contributed by atoms with E-state index in [0.29, 0.717) is 5.69 Å². The highest BCUT2D eigenvalue weighted by atomic mass is 31.2. The Morgan fingerprint density at radius 2 is 1.26 bits per heavy atom. The molecule has 2 amide bonds. The van der Waals surface area contributed by atoms with Crippen molar-refractivity contribution in [1.29, 1.82) is 0 Å². The molecule has 10 heteroatoms. The van der Waals surface area contributed by atoms with Crippen LogP contribution < -0.4 is 10.7 Å². The first-order chi connectivity index (χ1) is 20.7. The summed E-state index contributed by atoms with van der Waals surface area (Å²) in [5.41, 5.74) is 5.19. The van der Waals surface area contributed by atoms with Crippen LogP contribution in [0.4, 0.5) is 10.5 Å². The van der Waals surface area contributed by atoms with Gasteiger partial charge in [-0.25, -0.2) is 19.7 Å². The molecule has 43 heavy (non-hydrogen) atoms. The summed E-state index contributed by atoms with van der Waals surface area (Å²) in [4.78, 5) is 26.6. The molecule has 0 aliphatic rings. The van der Waals surface area contributed by atoms with Crippen molar-refractivity contribution in [3.05, 3.63) is 102 Å². The van der Waals surface area contributed by atoms with Crippen LogP contribution in [0.1, 0.15) is 52.7 Å². The predicted molar refractivity (Wildman–Crippen MR) is 175 cm³/mol. The van der Waals surface area contributed by atoms with Crippen molar-refractivity contribution >= 4 is 36.2 Å². The Balaban J connectivity index is 2.22. The molecule has 0 atom stereocenters. The second-order valence-corrected chi connectivity index (χ2v) is 12.8. The second kappa shape index (κ2) is 16.8. The normalized spacial score (nSPS) is 12.0. The Kier molecular flexibility index (Phi) is 13.2. The van der Waals surface area contributed by atoms with Crippen molar-refractivity contribution in [2.75, 3.05) is 11.9 Å². The molecule has 0 aliphatic carbocycles. The van der Waals surface area contributed by atoms with Gasteiger partial charge in [0.1, 0.15) is 5.29 Å². The van der Waals surface area contributed by atoms with Gasteiger partial charge in [-0.15, -0.1) is 0 Å². The zero-order chi connectivity index (χ0) is 31.2. The van der Waals surface area contributed by atoms with Gasteiger partial charge in [0.15, 0.2) is 0 Å². The van der Waals surface area contributed by atoms with Gasteiger partial charge in [-0.3, -0.25) is 0 Å². The van der Waals surface area contributed by atoms with Crippen molar-refractivity contribution < 1.29 is 23.4 Å². The lowest BCUT2D eigenvalue weighted by molar-refractivity contribution is -0.134. The molecule has 2 N–H and O–H groups in total. The third-order valence-electron chi connectivity index (χ3n) is 6.31. The van der Waals surface area contributed by atoms with Gasteiger partial charge in [0.05, 0.1) is 25.5 Å². The number of anilines is 1. The Morgan fingerprint density at radius 3 is 1.70 bits per heavy atom. The summed E-state index contributed by atoms with van der Waals surface area (Å²) in [7, 11) is -3.46. The van der Waals surface area contributed by atoms with Crippen molar-refractivity contribution in [2.24, 2.45) is 5.10 Å². The SMILES string of the molecule is CCOC(=O)C(/C(C)=N/NC(=O)Nc1ccccc1)=P(OCc1ccccc1)(OCc1ccccc1)N(C(C)C)C(C)C. The lowest BCUT2D eigenvalue weighted by Crippen LogP contribution is -2.41. The quantitative estimate of drug-likeness (QED) is 0.0869. The first-order valence-electron chi connectivity index (χ1n) is 14.4. The molecule has 3 aromatic rings. The van der Waals surface area contributed by atoms with Gasteiger partial charge in [-0.2, -0.15) is 5.10 Å². The van der Waals surface area contributed by atoms with Gasteiger partial charge in [0, 0.05) is 17.8 Å². The van der Waals surface area contributed by atoms with Crippen molar-refractivity contribution in [1.82, 2.24) is 10.1 Å². The van der Waals surface area contributed by atoms with E-state index < -0.39 is 19.5 Å². The van der Waals surface area contributed by atoms with E-state index in [9.17, 15) is 9.59 Å². The van der Waals surface area contributed by atoms with Crippen LogP contribution in [-0.4, -0.2) is 46.4 Å². The number of nitrogens with one attached hydrogen (secondary N) is 2. The molecule has 0 saturated carbocycles. The molecule has 0 spiro atoms. The van der Waals surface area contributed by atoms with Crippen molar-refractivity contribution in [3.8, 4) is 0 Å². The van der Waals surface area contributed by atoms with Crippen LogP contribution in [0, 0.1) is 0 Å². The Labute approximate surface area is 255 Å². The van der Waals surface area contributed by atoms with Crippen LogP contribution in [0.2, 0.25) is 0 Å². The molecule has 0 aromatic heterocycles. The number of ether oxygens (including phenoxy) is 1. The molecule has 0 radical (unpaired) electrons. The number of carbonyl (C=O) groups is 2. The molecule has 9 nitrogen and oxygen atoms in total. The lowest BCUT2D eigenvalue weighted by Gasteiger charge is -2.43. The van der Waals surface area contributed by atoms with Gasteiger partial charge in [0.25, 0.3) is 0 Å². The molecule has 0 fully saturated rings. The highest BCUT2D eigenvalue weighted by Crippen LogP contribution is 2.59. The van der Waals surface area contributed by atoms with Gasteiger partial charge >= 0.3 is 12.0 Å². The Hall–Kier alpha value is -3.75. The fourth-order valence-electron chi connectivity index (χ4n) is 4.63. The van der Waals surface area contributed by atoms with Crippen LogP contribution in [0.25, 0.3) is 0 Å². The first kappa shape index (κ1) is 33.7. The second-order valence-electron chi connectivity index (χ2n) is 10.3. The number of para-hydroxylation sites is 1. The maximum atomic E-state index is 13.9. The highest BCUT2D eigenvalue weighted by molar-refractivity contribution is 7.69. The lowest BCUT2D eigenvalue weighted by atomic mass is 10.2. The number of hydrazone groups is 1. The largest absolute Gasteiger partial charge is 0.462 e. The van der Waals surface area contributed by atoms with Gasteiger partial charge in [0.2, 0.25) is 7.49 Å². The van der Waals surface area contributed by atoms with Crippen LogP contribution in [-0.2, 0) is 31.8 Å². The fourth-order valence-corrected chi connectivity index (χ4v) is 8.08. The average molecular weight is 607 g/mol. The fraction of sp³-hybridized carbons (Fsp3) is 0.333. The summed E-state index contributed by atoms with van der Waals surface area (Å²) < 4.78 is 21.4. The minimum absolute atomic E-state index is 0.0913. The zero-order valence-corrected chi connectivity index (χ0v) is 26.7. The van der Waals surface area contributed by atoms with E-state index in [1.807, 2.05) is 107 Å². The molecule has 0 saturated heterocycles. The van der Waals surface area contributed by atoms with Crippen molar-refractivity contribution in [3.63, 3.8) is 0 Å². The number of hydrogen-bond donors (Lipinski definition) is 2. The number of nitrogens with zero attached hydrogens (tertiary/aromatic N) is 2. The van der Waals surface area contributed by atoms with E-state index in [0.717, 1.165) is 11.1 Å². The molecule has 0 heterocycles. The zero-order valence-electron chi connectivity index (χ0n) is 25.8. The Bertz CT molecular complexity index is 1340. The molecule has 0 unspecified atom stereocenters. The molecule has 230 valence electrons. The summed E-state index contributed by atoms with van der Waals surface area (Å²) in [6.45, 7) is 12.0. The smallest absolute Gasteiger partial charge is 0.346 e. The first-order valence-corrected chi connectivity index (χ1v) is 16.0. The third kappa shape index (κ3) is 9.63. The van der Waals surface area contributed by atoms with Crippen LogP contribution in [0.15, 0.2) is 96.1 Å². The average Bonchev–Trinajstić information content (AvgIpc) is 2.99. The molecular weight excluding hydrogens is 563 g/mol. The standard InChI is InChI=1S/C33H43N4O5P/c1-7-40-32(38)31(27(6)35-36-33(39)34-30-21-15-10-16-22-30)43(37(25(2)3)26(4)5,41-23-28-17-11-8-12-18-28)42-24-29-19-13-9-14-20-29/h8-22,25-26H,7,23-24H2,1-6H3,(H2,34,36,39)/b35-27+. The van der Waals surface area contributed by atoms with Crippen LogP contribution >= 0.6 is 7.49 Å². The summed E-state index contributed by atoms with van der Waals surface area (Å²) in [5, 5.41) is 7.24. The number of rotatable bonds is 14. The number of amides is 2. The Morgan fingerprint density at radius 1 is 0.791 bits per heavy atom. The minimum atomic E-state index is -3.46. The van der Waals surface area contributed by atoms with E-state index in [1.165, 1.54) is 0 Å². The summed E-state index contributed by atoms with van der Waals surface area (Å²) in [6.07, 6.45) is 0. The third-order valence-corrected chi connectivity index (χ3v) is 9.87. The summed E-state index contributed by atoms with van der Waals surface area (Å²) in [5.74, 6) is -0.616. The van der Waals surface area contributed by atoms with E-state index in [4.69, 9.17) is 13.8 Å². The monoisotopic (exact) mass is 606 g/mol. The van der Waals surface area contributed by atoms with Crippen LogP contribution in [0.5, 0.6) is 0 Å². The molecule has 3 aromatic carbocycles. The molecular formula is C33H43N4O5P. The van der Waals surface area contributed by atoms with Crippen LogP contribution in [0.3, 0.4) is 0 Å². The predicted octanol–water partition coefficient (Wildman–Crippen LogP) is 7.23. The minimum Gasteiger partial charge on any atom is -0.462 e. The van der Waals surface area contributed by atoms with Gasteiger partial charge in [-0.1, -0.05) is 78.9 Å².